The first kappa shape index (κ1) is 30.4. The highest BCUT2D eigenvalue weighted by molar-refractivity contribution is 5.96. The molecule has 12 heteroatoms. The molecule has 0 spiro atoms. The third-order valence-corrected chi connectivity index (χ3v) is 5.39. The molecule has 0 saturated carbocycles. The zero-order valence-corrected chi connectivity index (χ0v) is 21.0. The standard InChI is InChI=1S/C24H37N5O7/c1-12(2)9-18(24(35)36)29-21(32)16(10-14-5-7-15(30)8-6-14)27-22(33)17(11-19(25)31)28-23(34)20(26)13(3)4/h5-8,12-13,16-18,20,30H,9-11,26H2,1-4H3,(H2,25,31)(H,27,33)(H,28,34)(H,29,32)(H,35,36). The fourth-order valence-electron chi connectivity index (χ4n) is 3.30. The maximum atomic E-state index is 13.1. The molecule has 4 atom stereocenters. The van der Waals surface area contributed by atoms with Gasteiger partial charge in [0.2, 0.25) is 23.6 Å². The highest BCUT2D eigenvalue weighted by Crippen LogP contribution is 2.13. The first-order valence-electron chi connectivity index (χ1n) is 11.7. The van der Waals surface area contributed by atoms with E-state index < -0.39 is 60.2 Å². The van der Waals surface area contributed by atoms with Crippen molar-refractivity contribution in [2.75, 3.05) is 0 Å². The van der Waals surface area contributed by atoms with Gasteiger partial charge >= 0.3 is 5.97 Å². The van der Waals surface area contributed by atoms with Crippen LogP contribution in [-0.4, -0.2) is 64.0 Å². The normalized spacial score (nSPS) is 14.4. The summed E-state index contributed by atoms with van der Waals surface area (Å²) in [5, 5.41) is 26.3. The second-order valence-corrected chi connectivity index (χ2v) is 9.46. The Bertz CT molecular complexity index is 933. The first-order chi connectivity index (χ1) is 16.7. The van der Waals surface area contributed by atoms with Crippen LogP contribution in [0.2, 0.25) is 0 Å². The van der Waals surface area contributed by atoms with Crippen molar-refractivity contribution in [2.45, 2.75) is 71.1 Å². The van der Waals surface area contributed by atoms with E-state index in [0.717, 1.165) is 0 Å². The molecule has 1 rings (SSSR count). The highest BCUT2D eigenvalue weighted by atomic mass is 16.4. The van der Waals surface area contributed by atoms with Crippen LogP contribution in [0.15, 0.2) is 24.3 Å². The summed E-state index contributed by atoms with van der Waals surface area (Å²) >= 11 is 0. The van der Waals surface area contributed by atoms with Gasteiger partial charge in [0, 0.05) is 6.42 Å². The number of phenolic OH excluding ortho intramolecular Hbond substituents is 1. The molecule has 4 amide bonds. The van der Waals surface area contributed by atoms with Crippen molar-refractivity contribution >= 4 is 29.6 Å². The van der Waals surface area contributed by atoms with E-state index in [0.29, 0.717) is 5.56 Å². The van der Waals surface area contributed by atoms with Gasteiger partial charge in [-0.3, -0.25) is 19.2 Å². The van der Waals surface area contributed by atoms with Gasteiger partial charge in [0.25, 0.3) is 0 Å². The number of benzene rings is 1. The lowest BCUT2D eigenvalue weighted by Crippen LogP contribution is -2.58. The van der Waals surface area contributed by atoms with Crippen LogP contribution in [0.3, 0.4) is 0 Å². The largest absolute Gasteiger partial charge is 0.508 e. The van der Waals surface area contributed by atoms with Crippen molar-refractivity contribution < 1.29 is 34.2 Å². The number of phenols is 1. The third kappa shape index (κ3) is 10.3. The van der Waals surface area contributed by atoms with E-state index in [1.807, 2.05) is 0 Å². The van der Waals surface area contributed by atoms with E-state index in [1.165, 1.54) is 24.3 Å². The monoisotopic (exact) mass is 507 g/mol. The number of rotatable bonds is 14. The lowest BCUT2D eigenvalue weighted by atomic mass is 10.0. The quantitative estimate of drug-likeness (QED) is 0.172. The number of primary amides is 1. The van der Waals surface area contributed by atoms with E-state index in [-0.39, 0.29) is 30.4 Å². The Morgan fingerprint density at radius 1 is 0.833 bits per heavy atom. The fraction of sp³-hybridized carbons (Fsp3) is 0.542. The van der Waals surface area contributed by atoms with Crippen LogP contribution in [-0.2, 0) is 30.4 Å². The van der Waals surface area contributed by atoms with Gasteiger partial charge < -0.3 is 37.6 Å². The van der Waals surface area contributed by atoms with Crippen molar-refractivity contribution in [3.05, 3.63) is 29.8 Å². The maximum absolute atomic E-state index is 13.1. The summed E-state index contributed by atoms with van der Waals surface area (Å²) in [5.41, 5.74) is 11.6. The van der Waals surface area contributed by atoms with Gasteiger partial charge in [-0.05, 0) is 36.0 Å². The number of hydrogen-bond acceptors (Lipinski definition) is 7. The predicted molar refractivity (Wildman–Crippen MR) is 131 cm³/mol. The van der Waals surface area contributed by atoms with Crippen molar-refractivity contribution in [3.8, 4) is 5.75 Å². The molecule has 36 heavy (non-hydrogen) atoms. The van der Waals surface area contributed by atoms with Crippen LogP contribution in [0.25, 0.3) is 0 Å². The average molecular weight is 508 g/mol. The van der Waals surface area contributed by atoms with Crippen molar-refractivity contribution in [2.24, 2.45) is 23.3 Å². The molecule has 0 bridgehead atoms. The van der Waals surface area contributed by atoms with Crippen LogP contribution in [0.5, 0.6) is 5.75 Å². The summed E-state index contributed by atoms with van der Waals surface area (Å²) in [6.45, 7) is 7.02. The Kier molecular flexibility index (Phi) is 11.8. The molecule has 0 saturated heterocycles. The second kappa shape index (κ2) is 14.0. The van der Waals surface area contributed by atoms with Crippen molar-refractivity contribution in [1.29, 1.82) is 0 Å². The molecule has 0 radical (unpaired) electrons. The summed E-state index contributed by atoms with van der Waals surface area (Å²) in [6.07, 6.45) is -0.440. The Balaban J connectivity index is 3.18. The zero-order chi connectivity index (χ0) is 27.6. The van der Waals surface area contributed by atoms with E-state index in [4.69, 9.17) is 11.5 Å². The molecule has 0 aliphatic carbocycles. The minimum atomic E-state index is -1.40. The van der Waals surface area contributed by atoms with E-state index in [9.17, 15) is 34.2 Å². The molecular weight excluding hydrogens is 470 g/mol. The van der Waals surface area contributed by atoms with Crippen LogP contribution in [0.4, 0.5) is 0 Å². The van der Waals surface area contributed by atoms with Gasteiger partial charge in [0.05, 0.1) is 12.5 Å². The smallest absolute Gasteiger partial charge is 0.326 e. The number of hydrogen-bond donors (Lipinski definition) is 7. The molecule has 4 unspecified atom stereocenters. The molecule has 200 valence electrons. The number of aromatic hydroxyl groups is 1. The molecule has 0 aliphatic rings. The van der Waals surface area contributed by atoms with Gasteiger partial charge in [0.15, 0.2) is 0 Å². The van der Waals surface area contributed by atoms with Crippen molar-refractivity contribution in [1.82, 2.24) is 16.0 Å². The fourth-order valence-corrected chi connectivity index (χ4v) is 3.30. The second-order valence-electron chi connectivity index (χ2n) is 9.46. The van der Waals surface area contributed by atoms with E-state index >= 15 is 0 Å². The first-order valence-corrected chi connectivity index (χ1v) is 11.7. The summed E-state index contributed by atoms with van der Waals surface area (Å²) in [4.78, 5) is 61.7. The number of nitrogens with two attached hydrogens (primary N) is 2. The third-order valence-electron chi connectivity index (χ3n) is 5.39. The highest BCUT2D eigenvalue weighted by Gasteiger charge is 2.32. The number of carboxylic acid groups (broad SMARTS) is 1. The maximum Gasteiger partial charge on any atom is 0.326 e. The van der Waals surface area contributed by atoms with Gasteiger partial charge in [-0.2, -0.15) is 0 Å². The van der Waals surface area contributed by atoms with E-state index in [2.05, 4.69) is 16.0 Å². The molecule has 0 aliphatic heterocycles. The van der Waals surface area contributed by atoms with Crippen LogP contribution in [0.1, 0.15) is 46.1 Å². The minimum Gasteiger partial charge on any atom is -0.508 e. The van der Waals surface area contributed by atoms with Crippen LogP contribution >= 0.6 is 0 Å². The van der Waals surface area contributed by atoms with Gasteiger partial charge in [0.1, 0.15) is 23.9 Å². The molecule has 1 aromatic rings. The number of carbonyl (C=O) groups excluding carboxylic acids is 4. The van der Waals surface area contributed by atoms with Gasteiger partial charge in [-0.15, -0.1) is 0 Å². The van der Waals surface area contributed by atoms with Gasteiger partial charge in [-0.25, -0.2) is 4.79 Å². The Morgan fingerprint density at radius 3 is 1.81 bits per heavy atom. The lowest BCUT2D eigenvalue weighted by molar-refractivity contribution is -0.143. The van der Waals surface area contributed by atoms with Gasteiger partial charge in [-0.1, -0.05) is 39.8 Å². The zero-order valence-electron chi connectivity index (χ0n) is 21.0. The Hall–Kier alpha value is -3.67. The number of nitrogens with one attached hydrogen (secondary N) is 3. The molecule has 1 aromatic carbocycles. The number of aliphatic carboxylic acids is 1. The minimum absolute atomic E-state index is 0.00242. The number of amides is 4. The number of carboxylic acids is 1. The lowest BCUT2D eigenvalue weighted by Gasteiger charge is -2.25. The SMILES string of the molecule is CC(C)CC(NC(=O)C(Cc1ccc(O)cc1)NC(=O)C(CC(N)=O)NC(=O)C(N)C(C)C)C(=O)O. The van der Waals surface area contributed by atoms with Crippen LogP contribution in [0, 0.1) is 11.8 Å². The molecule has 12 nitrogen and oxygen atoms in total. The summed E-state index contributed by atoms with van der Waals surface area (Å²) in [5.74, 6) is -4.68. The average Bonchev–Trinajstić information content (AvgIpc) is 2.77. The topological polar surface area (TPSA) is 214 Å². The summed E-state index contributed by atoms with van der Waals surface area (Å²) < 4.78 is 0. The Labute approximate surface area is 210 Å². The molecule has 0 fully saturated rings. The Morgan fingerprint density at radius 2 is 1.33 bits per heavy atom. The number of carbonyl (C=O) groups is 5. The summed E-state index contributed by atoms with van der Waals surface area (Å²) in [7, 11) is 0. The molecule has 9 N–H and O–H groups in total. The molecular formula is C24H37N5O7. The van der Waals surface area contributed by atoms with Crippen molar-refractivity contribution in [3.63, 3.8) is 0 Å². The molecule has 0 heterocycles. The molecule has 0 aromatic heterocycles. The van der Waals surface area contributed by atoms with E-state index in [1.54, 1.807) is 27.7 Å². The predicted octanol–water partition coefficient (Wildman–Crippen LogP) is -0.621. The van der Waals surface area contributed by atoms with Crippen LogP contribution < -0.4 is 27.4 Å². The summed E-state index contributed by atoms with van der Waals surface area (Å²) in [6, 6.07) is 1.06.